The Morgan fingerprint density at radius 2 is 1.65 bits per heavy atom. The first-order chi connectivity index (χ1) is 12.2. The Bertz CT molecular complexity index is 720. The molecule has 2 aromatic rings. The third-order valence-electron chi connectivity index (χ3n) is 3.96. The summed E-state index contributed by atoms with van der Waals surface area (Å²) in [6.07, 6.45) is -0.330. The summed E-state index contributed by atoms with van der Waals surface area (Å²) < 4.78 is 11.8. The molecule has 0 radical (unpaired) electrons. The van der Waals surface area contributed by atoms with Crippen LogP contribution in [0.3, 0.4) is 0 Å². The van der Waals surface area contributed by atoms with E-state index in [2.05, 4.69) is 15.9 Å². The topological polar surface area (TPSA) is 38.8 Å². The van der Waals surface area contributed by atoms with E-state index in [0.29, 0.717) is 6.54 Å². The van der Waals surface area contributed by atoms with Gasteiger partial charge < -0.3 is 9.47 Å². The van der Waals surface area contributed by atoms with Crippen LogP contribution >= 0.6 is 15.9 Å². The van der Waals surface area contributed by atoms with E-state index >= 15 is 0 Å². The van der Waals surface area contributed by atoms with Gasteiger partial charge in [0, 0.05) is 11.0 Å². The van der Waals surface area contributed by atoms with E-state index in [9.17, 15) is 4.79 Å². The van der Waals surface area contributed by atoms with E-state index in [1.54, 1.807) is 12.0 Å². The maximum absolute atomic E-state index is 12.8. The van der Waals surface area contributed by atoms with E-state index < -0.39 is 5.60 Å². The molecule has 0 aliphatic rings. The fourth-order valence-corrected chi connectivity index (χ4v) is 2.79. The van der Waals surface area contributed by atoms with E-state index in [4.69, 9.17) is 9.47 Å². The molecular formula is C21H26BrNO3. The van der Waals surface area contributed by atoms with Crippen molar-refractivity contribution >= 4 is 22.0 Å². The Balaban J connectivity index is 2.27. The fourth-order valence-electron chi connectivity index (χ4n) is 2.53. The zero-order chi connectivity index (χ0) is 19.3. The summed E-state index contributed by atoms with van der Waals surface area (Å²) in [5.74, 6) is 0.790. The Morgan fingerprint density at radius 1 is 1.08 bits per heavy atom. The van der Waals surface area contributed by atoms with Gasteiger partial charge in [-0.3, -0.25) is 4.90 Å². The van der Waals surface area contributed by atoms with Crippen LogP contribution in [0.4, 0.5) is 4.79 Å². The molecule has 5 heteroatoms. The Morgan fingerprint density at radius 3 is 2.15 bits per heavy atom. The van der Waals surface area contributed by atoms with Crippen molar-refractivity contribution in [3.8, 4) is 5.75 Å². The Kier molecular flexibility index (Phi) is 6.70. The van der Waals surface area contributed by atoms with Crippen LogP contribution in [0.15, 0.2) is 53.0 Å². The summed E-state index contributed by atoms with van der Waals surface area (Å²) in [7, 11) is 1.64. The molecule has 1 atom stereocenters. The van der Waals surface area contributed by atoms with E-state index in [-0.39, 0.29) is 12.1 Å². The number of rotatable bonds is 5. The lowest BCUT2D eigenvalue weighted by atomic mass is 10.1. The average Bonchev–Trinajstić information content (AvgIpc) is 2.58. The predicted molar refractivity (Wildman–Crippen MR) is 107 cm³/mol. The van der Waals surface area contributed by atoms with Crippen molar-refractivity contribution in [2.24, 2.45) is 0 Å². The monoisotopic (exact) mass is 419 g/mol. The van der Waals surface area contributed by atoms with Gasteiger partial charge in [0.1, 0.15) is 11.4 Å². The number of benzene rings is 2. The zero-order valence-corrected chi connectivity index (χ0v) is 17.5. The van der Waals surface area contributed by atoms with Gasteiger partial charge in [-0.15, -0.1) is 0 Å². The number of ether oxygens (including phenoxy) is 2. The summed E-state index contributed by atoms with van der Waals surface area (Å²) in [4.78, 5) is 14.6. The van der Waals surface area contributed by atoms with Crippen molar-refractivity contribution < 1.29 is 14.3 Å². The average molecular weight is 420 g/mol. The van der Waals surface area contributed by atoms with Crippen LogP contribution < -0.4 is 4.74 Å². The molecule has 0 bridgehead atoms. The first-order valence-corrected chi connectivity index (χ1v) is 9.37. The van der Waals surface area contributed by atoms with Crippen LogP contribution in [0.1, 0.15) is 44.9 Å². The molecule has 0 spiro atoms. The molecule has 2 rings (SSSR count). The maximum atomic E-state index is 12.8. The summed E-state index contributed by atoms with van der Waals surface area (Å²) >= 11 is 3.45. The predicted octanol–water partition coefficient (Wildman–Crippen LogP) is 5.96. The van der Waals surface area contributed by atoms with Gasteiger partial charge in [0.25, 0.3) is 0 Å². The van der Waals surface area contributed by atoms with E-state index in [1.807, 2.05) is 76.2 Å². The highest BCUT2D eigenvalue weighted by Crippen LogP contribution is 2.26. The first-order valence-electron chi connectivity index (χ1n) is 8.57. The number of carbonyl (C=O) groups is 1. The number of hydrogen-bond donors (Lipinski definition) is 0. The number of amides is 1. The minimum absolute atomic E-state index is 0.125. The standard InChI is InChI=1S/C21H26BrNO3/c1-15(17-8-10-18(22)11-9-17)23(20(24)26-21(2,3)4)14-16-6-12-19(25-5)13-7-16/h6-13,15H,14H2,1-5H3/t15-/m1/s1. The quantitative estimate of drug-likeness (QED) is 0.600. The molecule has 0 aliphatic heterocycles. The van der Waals surface area contributed by atoms with Crippen molar-refractivity contribution in [3.63, 3.8) is 0 Å². The molecule has 0 N–H and O–H groups in total. The van der Waals surface area contributed by atoms with Crippen LogP contribution in [0.25, 0.3) is 0 Å². The van der Waals surface area contributed by atoms with Crippen LogP contribution in [0.5, 0.6) is 5.75 Å². The van der Waals surface area contributed by atoms with Crippen molar-refractivity contribution in [3.05, 3.63) is 64.1 Å². The molecule has 2 aromatic carbocycles. The van der Waals surface area contributed by atoms with E-state index in [1.165, 1.54) is 0 Å². The fraction of sp³-hybridized carbons (Fsp3) is 0.381. The number of halogens is 1. The highest BCUT2D eigenvalue weighted by Gasteiger charge is 2.27. The molecule has 0 fully saturated rings. The second-order valence-electron chi connectivity index (χ2n) is 7.18. The largest absolute Gasteiger partial charge is 0.497 e. The smallest absolute Gasteiger partial charge is 0.411 e. The second kappa shape index (κ2) is 8.58. The number of nitrogens with zero attached hydrogens (tertiary/aromatic N) is 1. The van der Waals surface area contributed by atoms with Crippen LogP contribution in [-0.2, 0) is 11.3 Å². The number of carbonyl (C=O) groups excluding carboxylic acids is 1. The minimum atomic E-state index is -0.547. The van der Waals surface area contributed by atoms with Crippen LogP contribution in [0, 0.1) is 0 Å². The zero-order valence-electron chi connectivity index (χ0n) is 16.0. The molecule has 4 nitrogen and oxygen atoms in total. The van der Waals surface area contributed by atoms with Crippen LogP contribution in [0.2, 0.25) is 0 Å². The lowest BCUT2D eigenvalue weighted by Gasteiger charge is -2.32. The molecule has 0 heterocycles. The summed E-state index contributed by atoms with van der Waals surface area (Å²) in [6.45, 7) is 8.09. The van der Waals surface area contributed by atoms with Crippen molar-refractivity contribution in [2.75, 3.05) is 7.11 Å². The van der Waals surface area contributed by atoms with Gasteiger partial charge in [0.2, 0.25) is 0 Å². The molecule has 0 aliphatic carbocycles. The number of hydrogen-bond acceptors (Lipinski definition) is 3. The summed E-state index contributed by atoms with van der Waals surface area (Å²) in [6, 6.07) is 15.6. The second-order valence-corrected chi connectivity index (χ2v) is 8.10. The highest BCUT2D eigenvalue weighted by atomic mass is 79.9. The molecule has 140 valence electrons. The van der Waals surface area contributed by atoms with Gasteiger partial charge in [-0.2, -0.15) is 0 Å². The van der Waals surface area contributed by atoms with Crippen molar-refractivity contribution in [1.29, 1.82) is 0 Å². The lowest BCUT2D eigenvalue weighted by molar-refractivity contribution is 0.0153. The molecule has 0 aromatic heterocycles. The highest BCUT2D eigenvalue weighted by molar-refractivity contribution is 9.10. The Labute approximate surface area is 164 Å². The SMILES string of the molecule is COc1ccc(CN(C(=O)OC(C)(C)C)[C@H](C)c2ccc(Br)cc2)cc1. The third-order valence-corrected chi connectivity index (χ3v) is 4.49. The van der Waals surface area contributed by atoms with Crippen LogP contribution in [-0.4, -0.2) is 23.7 Å². The van der Waals surface area contributed by atoms with Gasteiger partial charge in [0.15, 0.2) is 0 Å². The first kappa shape index (κ1) is 20.3. The molecule has 26 heavy (non-hydrogen) atoms. The Hall–Kier alpha value is -2.01. The minimum Gasteiger partial charge on any atom is -0.497 e. The van der Waals surface area contributed by atoms with E-state index in [0.717, 1.165) is 21.3 Å². The van der Waals surface area contributed by atoms with Gasteiger partial charge in [-0.25, -0.2) is 4.79 Å². The normalized spacial score (nSPS) is 12.4. The summed E-state index contributed by atoms with van der Waals surface area (Å²) in [5.41, 5.74) is 1.52. The van der Waals surface area contributed by atoms with Gasteiger partial charge in [-0.1, -0.05) is 40.2 Å². The molecule has 0 saturated carbocycles. The third kappa shape index (κ3) is 5.77. The molecule has 1 amide bonds. The van der Waals surface area contributed by atoms with Gasteiger partial charge in [-0.05, 0) is 63.1 Å². The lowest BCUT2D eigenvalue weighted by Crippen LogP contribution is -2.38. The van der Waals surface area contributed by atoms with Gasteiger partial charge in [0.05, 0.1) is 13.2 Å². The maximum Gasteiger partial charge on any atom is 0.411 e. The van der Waals surface area contributed by atoms with Gasteiger partial charge >= 0.3 is 6.09 Å². The molecular weight excluding hydrogens is 394 g/mol. The number of methoxy groups -OCH3 is 1. The molecule has 0 unspecified atom stereocenters. The summed E-state index contributed by atoms with van der Waals surface area (Å²) in [5, 5.41) is 0. The molecule has 0 saturated heterocycles. The van der Waals surface area contributed by atoms with Crippen molar-refractivity contribution in [2.45, 2.75) is 45.9 Å². The van der Waals surface area contributed by atoms with Crippen molar-refractivity contribution in [1.82, 2.24) is 4.90 Å².